The van der Waals surface area contributed by atoms with Gasteiger partial charge in [0.1, 0.15) is 5.75 Å². The van der Waals surface area contributed by atoms with Gasteiger partial charge in [-0.1, -0.05) is 33.6 Å². The highest BCUT2D eigenvalue weighted by molar-refractivity contribution is 9.10. The summed E-state index contributed by atoms with van der Waals surface area (Å²) >= 11 is 9.26. The predicted octanol–water partition coefficient (Wildman–Crippen LogP) is 4.35. The van der Waals surface area contributed by atoms with Crippen LogP contribution < -0.4 is 10.1 Å². The minimum Gasteiger partial charge on any atom is -0.496 e. The van der Waals surface area contributed by atoms with Crippen molar-refractivity contribution in [2.45, 2.75) is 6.04 Å². The number of hydrogen-bond acceptors (Lipinski definition) is 3. The molecule has 0 saturated heterocycles. The van der Waals surface area contributed by atoms with Gasteiger partial charge in [0.25, 0.3) is 0 Å². The fraction of sp³-hybridized carbons (Fsp3) is 0.133. The molecule has 0 radical (unpaired) electrons. The third-order valence-electron chi connectivity index (χ3n) is 2.89. The Kier molecular flexibility index (Phi) is 5.09. The Labute approximate surface area is 135 Å². The van der Waals surface area contributed by atoms with E-state index in [0.29, 0.717) is 22.0 Å². The third-order valence-corrected chi connectivity index (χ3v) is 3.61. The molecule has 0 heterocycles. The number of carboxylic acid groups (broad SMARTS) is 1. The van der Waals surface area contributed by atoms with Gasteiger partial charge in [-0.3, -0.25) is 0 Å². The number of benzene rings is 2. The summed E-state index contributed by atoms with van der Waals surface area (Å²) in [7, 11) is 1.50. The molecule has 6 heteroatoms. The van der Waals surface area contributed by atoms with E-state index in [0.717, 1.165) is 4.47 Å². The molecule has 1 atom stereocenters. The SMILES string of the molecule is COc1ccc(Br)cc1C(Nc1cccc(Cl)c1)C(=O)O. The fourth-order valence-electron chi connectivity index (χ4n) is 1.95. The zero-order valence-corrected chi connectivity index (χ0v) is 13.5. The van der Waals surface area contributed by atoms with E-state index >= 15 is 0 Å². The number of anilines is 1. The van der Waals surface area contributed by atoms with Gasteiger partial charge in [0, 0.05) is 20.7 Å². The van der Waals surface area contributed by atoms with Crippen molar-refractivity contribution in [1.29, 1.82) is 0 Å². The maximum Gasteiger partial charge on any atom is 0.330 e. The van der Waals surface area contributed by atoms with E-state index in [2.05, 4.69) is 21.2 Å². The van der Waals surface area contributed by atoms with Crippen molar-refractivity contribution in [3.63, 3.8) is 0 Å². The summed E-state index contributed by atoms with van der Waals surface area (Å²) < 4.78 is 6.02. The molecular weight excluding hydrogens is 358 g/mol. The van der Waals surface area contributed by atoms with Gasteiger partial charge in [0.05, 0.1) is 7.11 Å². The van der Waals surface area contributed by atoms with Crippen molar-refractivity contribution in [3.05, 3.63) is 57.5 Å². The number of aliphatic carboxylic acids is 1. The molecular formula is C15H13BrClNO3. The summed E-state index contributed by atoms with van der Waals surface area (Å²) in [5.41, 5.74) is 1.15. The van der Waals surface area contributed by atoms with Gasteiger partial charge in [-0.15, -0.1) is 0 Å². The maximum absolute atomic E-state index is 11.6. The molecule has 0 bridgehead atoms. The smallest absolute Gasteiger partial charge is 0.330 e. The Hall–Kier alpha value is -1.72. The molecule has 1 unspecified atom stereocenters. The summed E-state index contributed by atoms with van der Waals surface area (Å²) in [5, 5.41) is 13.0. The van der Waals surface area contributed by atoms with Crippen LogP contribution in [0.4, 0.5) is 5.69 Å². The number of carbonyl (C=O) groups is 1. The number of hydrogen-bond donors (Lipinski definition) is 2. The first-order chi connectivity index (χ1) is 10.0. The first-order valence-corrected chi connectivity index (χ1v) is 7.26. The van der Waals surface area contributed by atoms with Crippen LogP contribution in [0.15, 0.2) is 46.9 Å². The Bertz CT molecular complexity index is 663. The lowest BCUT2D eigenvalue weighted by atomic mass is 10.1. The molecule has 0 aliphatic rings. The van der Waals surface area contributed by atoms with Crippen LogP contribution in [0.25, 0.3) is 0 Å². The number of nitrogens with one attached hydrogen (secondary N) is 1. The minimum absolute atomic E-state index is 0.500. The molecule has 0 amide bonds. The predicted molar refractivity (Wildman–Crippen MR) is 86.1 cm³/mol. The van der Waals surface area contributed by atoms with Gasteiger partial charge in [0.2, 0.25) is 0 Å². The second kappa shape index (κ2) is 6.83. The van der Waals surface area contributed by atoms with Crippen LogP contribution in [0.5, 0.6) is 5.75 Å². The Morgan fingerprint density at radius 2 is 2.10 bits per heavy atom. The molecule has 0 fully saturated rings. The Balaban J connectivity index is 2.40. The second-order valence-corrected chi connectivity index (χ2v) is 5.66. The van der Waals surface area contributed by atoms with E-state index in [-0.39, 0.29) is 0 Å². The lowest BCUT2D eigenvalue weighted by Crippen LogP contribution is -2.21. The molecule has 0 aliphatic carbocycles. The summed E-state index contributed by atoms with van der Waals surface area (Å²) in [6.07, 6.45) is 0. The summed E-state index contributed by atoms with van der Waals surface area (Å²) in [5.74, 6) is -0.508. The molecule has 4 nitrogen and oxygen atoms in total. The summed E-state index contributed by atoms with van der Waals surface area (Å²) in [6.45, 7) is 0. The highest BCUT2D eigenvalue weighted by atomic mass is 79.9. The lowest BCUT2D eigenvalue weighted by molar-refractivity contribution is -0.138. The van der Waals surface area contributed by atoms with E-state index in [1.165, 1.54) is 7.11 Å². The number of rotatable bonds is 5. The average Bonchev–Trinajstić information content (AvgIpc) is 2.44. The highest BCUT2D eigenvalue weighted by Gasteiger charge is 2.23. The van der Waals surface area contributed by atoms with Gasteiger partial charge in [-0.2, -0.15) is 0 Å². The van der Waals surface area contributed by atoms with Crippen molar-refractivity contribution in [2.75, 3.05) is 12.4 Å². The van der Waals surface area contributed by atoms with Gasteiger partial charge in [0.15, 0.2) is 6.04 Å². The van der Waals surface area contributed by atoms with E-state index in [9.17, 15) is 9.90 Å². The van der Waals surface area contributed by atoms with Gasteiger partial charge < -0.3 is 15.2 Å². The van der Waals surface area contributed by atoms with E-state index in [1.807, 2.05) is 0 Å². The summed E-state index contributed by atoms with van der Waals surface area (Å²) in [4.78, 5) is 11.6. The second-order valence-electron chi connectivity index (χ2n) is 4.31. The van der Waals surface area contributed by atoms with Crippen LogP contribution in [-0.4, -0.2) is 18.2 Å². The quantitative estimate of drug-likeness (QED) is 0.821. The van der Waals surface area contributed by atoms with Crippen molar-refractivity contribution in [2.24, 2.45) is 0 Å². The van der Waals surface area contributed by atoms with Crippen LogP contribution in [0.1, 0.15) is 11.6 Å². The maximum atomic E-state index is 11.6. The molecule has 0 aromatic heterocycles. The minimum atomic E-state index is -1.01. The number of carboxylic acids is 1. The van der Waals surface area contributed by atoms with Gasteiger partial charge in [-0.05, 0) is 36.4 Å². The third kappa shape index (κ3) is 3.89. The van der Waals surface area contributed by atoms with Crippen molar-refractivity contribution in [1.82, 2.24) is 0 Å². The van der Waals surface area contributed by atoms with Crippen molar-refractivity contribution >= 4 is 39.2 Å². The zero-order chi connectivity index (χ0) is 15.4. The Morgan fingerprint density at radius 3 is 2.71 bits per heavy atom. The molecule has 0 aliphatic heterocycles. The van der Waals surface area contributed by atoms with Crippen molar-refractivity contribution < 1.29 is 14.6 Å². The molecule has 2 rings (SSSR count). The van der Waals surface area contributed by atoms with Crippen LogP contribution in [0.3, 0.4) is 0 Å². The standard InChI is InChI=1S/C15H13BrClNO3/c1-21-13-6-5-9(16)7-12(13)14(15(19)20)18-11-4-2-3-10(17)8-11/h2-8,14,18H,1H3,(H,19,20). The zero-order valence-electron chi connectivity index (χ0n) is 11.1. The van der Waals surface area contributed by atoms with Gasteiger partial charge >= 0.3 is 5.97 Å². The van der Waals surface area contributed by atoms with Crippen molar-refractivity contribution in [3.8, 4) is 5.75 Å². The molecule has 21 heavy (non-hydrogen) atoms. The average molecular weight is 371 g/mol. The molecule has 0 spiro atoms. The number of ether oxygens (including phenoxy) is 1. The first-order valence-electron chi connectivity index (χ1n) is 6.09. The molecule has 2 aromatic carbocycles. The van der Waals surface area contributed by atoms with E-state index < -0.39 is 12.0 Å². The van der Waals surface area contributed by atoms with E-state index in [1.54, 1.807) is 42.5 Å². The molecule has 0 saturated carbocycles. The van der Waals surface area contributed by atoms with Crippen LogP contribution >= 0.6 is 27.5 Å². The molecule has 2 aromatic rings. The first kappa shape index (κ1) is 15.7. The monoisotopic (exact) mass is 369 g/mol. The van der Waals surface area contributed by atoms with E-state index in [4.69, 9.17) is 16.3 Å². The summed E-state index contributed by atoms with van der Waals surface area (Å²) in [6, 6.07) is 11.2. The highest BCUT2D eigenvalue weighted by Crippen LogP contribution is 2.31. The van der Waals surface area contributed by atoms with Crippen LogP contribution in [0.2, 0.25) is 5.02 Å². The number of methoxy groups -OCH3 is 1. The van der Waals surface area contributed by atoms with Crippen LogP contribution in [-0.2, 0) is 4.79 Å². The topological polar surface area (TPSA) is 58.6 Å². The molecule has 2 N–H and O–H groups in total. The lowest BCUT2D eigenvalue weighted by Gasteiger charge is -2.19. The number of halogens is 2. The fourth-order valence-corrected chi connectivity index (χ4v) is 2.52. The normalized spacial score (nSPS) is 11.8. The largest absolute Gasteiger partial charge is 0.496 e. The van der Waals surface area contributed by atoms with Crippen LogP contribution in [0, 0.1) is 0 Å². The van der Waals surface area contributed by atoms with Gasteiger partial charge in [-0.25, -0.2) is 4.79 Å². The molecule has 110 valence electrons. The Morgan fingerprint density at radius 1 is 1.33 bits per heavy atom.